The Hall–Kier alpha value is -3.25. The number of aromatic nitrogens is 3. The molecule has 2 aromatic carbocycles. The van der Waals surface area contributed by atoms with Gasteiger partial charge in [-0.3, -0.25) is 9.78 Å². The van der Waals surface area contributed by atoms with Gasteiger partial charge in [0.1, 0.15) is 11.9 Å². The number of anilines is 1. The minimum atomic E-state index is -0.126. The molecule has 30 heavy (non-hydrogen) atoms. The molecule has 0 radical (unpaired) electrons. The lowest BCUT2D eigenvalue weighted by Crippen LogP contribution is -2.15. The first-order chi connectivity index (χ1) is 14.6. The van der Waals surface area contributed by atoms with Crippen molar-refractivity contribution in [2.24, 2.45) is 0 Å². The number of benzene rings is 2. The second kappa shape index (κ2) is 7.54. The first-order valence-corrected chi connectivity index (χ1v) is 10.4. The second-order valence-electron chi connectivity index (χ2n) is 7.74. The molecule has 1 saturated heterocycles. The standard InChI is InChI=1S/C24H24N4O2/c1-3-17-14(2)22(16-7-4-5-8-18(16)26-17)24(29)25-15-10-11-19-20(13-15)28-23(27-19)21-9-6-12-30-21/h4-5,7-8,10-11,13,21H,3,6,9,12H2,1-2H3,(H,25,29)(H,27,28). The van der Waals surface area contributed by atoms with Gasteiger partial charge in [0, 0.05) is 23.4 Å². The Morgan fingerprint density at radius 1 is 1.20 bits per heavy atom. The molecular weight excluding hydrogens is 376 g/mol. The molecule has 2 N–H and O–H groups in total. The predicted molar refractivity (Wildman–Crippen MR) is 118 cm³/mol. The average Bonchev–Trinajstić information content (AvgIpc) is 3.42. The number of H-pyrrole nitrogens is 1. The Bertz CT molecular complexity index is 1260. The monoisotopic (exact) mass is 400 g/mol. The summed E-state index contributed by atoms with van der Waals surface area (Å²) in [7, 11) is 0. The van der Waals surface area contributed by atoms with Crippen molar-refractivity contribution >= 4 is 33.5 Å². The molecule has 1 unspecified atom stereocenters. The van der Waals surface area contributed by atoms with E-state index in [0.717, 1.165) is 70.6 Å². The number of nitrogens with one attached hydrogen (secondary N) is 2. The van der Waals surface area contributed by atoms with Gasteiger partial charge < -0.3 is 15.0 Å². The number of imidazole rings is 1. The van der Waals surface area contributed by atoms with Gasteiger partial charge >= 0.3 is 0 Å². The number of hydrogen-bond donors (Lipinski definition) is 2. The highest BCUT2D eigenvalue weighted by Crippen LogP contribution is 2.29. The molecule has 1 aliphatic rings. The summed E-state index contributed by atoms with van der Waals surface area (Å²) in [6.45, 7) is 4.81. The Kier molecular flexibility index (Phi) is 4.71. The van der Waals surface area contributed by atoms with E-state index >= 15 is 0 Å². The van der Waals surface area contributed by atoms with Crippen LogP contribution in [-0.2, 0) is 11.2 Å². The fourth-order valence-corrected chi connectivity index (χ4v) is 4.24. The van der Waals surface area contributed by atoms with Crippen LogP contribution in [0.25, 0.3) is 21.9 Å². The Balaban J connectivity index is 1.49. The number of fused-ring (bicyclic) bond motifs is 2. The van der Waals surface area contributed by atoms with Crippen molar-refractivity contribution in [2.75, 3.05) is 11.9 Å². The maximum absolute atomic E-state index is 13.3. The number of aryl methyl sites for hydroxylation is 1. The van der Waals surface area contributed by atoms with E-state index in [0.29, 0.717) is 5.56 Å². The zero-order chi connectivity index (χ0) is 20.7. The molecule has 0 spiro atoms. The normalized spacial score (nSPS) is 16.4. The number of carbonyl (C=O) groups excluding carboxylic acids is 1. The molecule has 1 aliphatic heterocycles. The van der Waals surface area contributed by atoms with Gasteiger partial charge in [-0.05, 0) is 56.0 Å². The predicted octanol–water partition coefficient (Wildman–Crippen LogP) is 5.09. The smallest absolute Gasteiger partial charge is 0.256 e. The third-order valence-corrected chi connectivity index (χ3v) is 5.79. The molecule has 1 fully saturated rings. The molecule has 0 saturated carbocycles. The lowest BCUT2D eigenvalue weighted by atomic mass is 9.99. The van der Waals surface area contributed by atoms with Gasteiger partial charge in [0.15, 0.2) is 0 Å². The van der Waals surface area contributed by atoms with Gasteiger partial charge in [-0.1, -0.05) is 25.1 Å². The molecule has 2 aromatic heterocycles. The SMILES string of the molecule is CCc1nc2ccccc2c(C(=O)Nc2ccc3nc(C4CCCO4)[nH]c3c2)c1C. The summed E-state index contributed by atoms with van der Waals surface area (Å²) in [6, 6.07) is 13.5. The number of carbonyl (C=O) groups is 1. The summed E-state index contributed by atoms with van der Waals surface area (Å²) in [6.07, 6.45) is 2.86. The van der Waals surface area contributed by atoms with E-state index in [1.165, 1.54) is 0 Å². The molecule has 0 aliphatic carbocycles. The second-order valence-corrected chi connectivity index (χ2v) is 7.74. The molecule has 0 bridgehead atoms. The van der Waals surface area contributed by atoms with Crippen LogP contribution in [0.2, 0.25) is 0 Å². The van der Waals surface area contributed by atoms with Crippen molar-refractivity contribution in [3.8, 4) is 0 Å². The average molecular weight is 400 g/mol. The Morgan fingerprint density at radius 3 is 2.87 bits per heavy atom. The Morgan fingerprint density at radius 2 is 2.07 bits per heavy atom. The summed E-state index contributed by atoms with van der Waals surface area (Å²) >= 11 is 0. The molecule has 1 amide bonds. The van der Waals surface area contributed by atoms with Gasteiger partial charge in [0.05, 0.1) is 22.1 Å². The van der Waals surface area contributed by atoms with Gasteiger partial charge in [-0.2, -0.15) is 0 Å². The van der Waals surface area contributed by atoms with Crippen LogP contribution >= 0.6 is 0 Å². The molecular formula is C24H24N4O2. The molecule has 5 rings (SSSR count). The number of hydrogen-bond acceptors (Lipinski definition) is 4. The third kappa shape index (κ3) is 3.23. The lowest BCUT2D eigenvalue weighted by molar-refractivity contribution is 0.102. The number of ether oxygens (including phenoxy) is 1. The van der Waals surface area contributed by atoms with Crippen LogP contribution in [0.1, 0.15) is 53.3 Å². The zero-order valence-corrected chi connectivity index (χ0v) is 17.2. The fraction of sp³-hybridized carbons (Fsp3) is 0.292. The van der Waals surface area contributed by atoms with E-state index in [-0.39, 0.29) is 12.0 Å². The van der Waals surface area contributed by atoms with Crippen molar-refractivity contribution in [1.82, 2.24) is 15.0 Å². The number of rotatable bonds is 4. The number of aromatic amines is 1. The third-order valence-electron chi connectivity index (χ3n) is 5.79. The largest absolute Gasteiger partial charge is 0.370 e. The minimum absolute atomic E-state index is 0.0359. The van der Waals surface area contributed by atoms with Crippen molar-refractivity contribution in [1.29, 1.82) is 0 Å². The van der Waals surface area contributed by atoms with Crippen molar-refractivity contribution in [3.63, 3.8) is 0 Å². The number of amides is 1. The summed E-state index contributed by atoms with van der Waals surface area (Å²) in [4.78, 5) is 26.0. The summed E-state index contributed by atoms with van der Waals surface area (Å²) in [5.41, 5.74) is 5.90. The van der Waals surface area contributed by atoms with E-state index in [9.17, 15) is 4.79 Å². The summed E-state index contributed by atoms with van der Waals surface area (Å²) in [5.74, 6) is 0.730. The molecule has 1 atom stereocenters. The van der Waals surface area contributed by atoms with Crippen molar-refractivity contribution < 1.29 is 9.53 Å². The lowest BCUT2D eigenvalue weighted by Gasteiger charge is -2.14. The van der Waals surface area contributed by atoms with Crippen LogP contribution < -0.4 is 5.32 Å². The van der Waals surface area contributed by atoms with Gasteiger partial charge in [-0.15, -0.1) is 0 Å². The van der Waals surface area contributed by atoms with Crippen LogP contribution in [-0.4, -0.2) is 27.5 Å². The van der Waals surface area contributed by atoms with Gasteiger partial charge in [0.2, 0.25) is 0 Å². The zero-order valence-electron chi connectivity index (χ0n) is 17.2. The quantitative estimate of drug-likeness (QED) is 0.500. The van der Waals surface area contributed by atoms with Crippen LogP contribution in [0, 0.1) is 6.92 Å². The first kappa shape index (κ1) is 18.8. The van der Waals surface area contributed by atoms with Crippen LogP contribution in [0.15, 0.2) is 42.5 Å². The van der Waals surface area contributed by atoms with E-state index in [4.69, 9.17) is 9.72 Å². The van der Waals surface area contributed by atoms with Crippen LogP contribution in [0.3, 0.4) is 0 Å². The Labute approximate surface area is 174 Å². The van der Waals surface area contributed by atoms with Crippen LogP contribution in [0.5, 0.6) is 0 Å². The highest BCUT2D eigenvalue weighted by atomic mass is 16.5. The highest BCUT2D eigenvalue weighted by Gasteiger charge is 2.21. The van der Waals surface area contributed by atoms with E-state index < -0.39 is 0 Å². The van der Waals surface area contributed by atoms with Crippen molar-refractivity contribution in [2.45, 2.75) is 39.2 Å². The van der Waals surface area contributed by atoms with E-state index in [2.05, 4.69) is 22.2 Å². The number of nitrogens with zero attached hydrogens (tertiary/aromatic N) is 2. The minimum Gasteiger partial charge on any atom is -0.370 e. The number of pyridine rings is 1. The van der Waals surface area contributed by atoms with Crippen LogP contribution in [0.4, 0.5) is 5.69 Å². The van der Waals surface area contributed by atoms with Crippen molar-refractivity contribution in [3.05, 3.63) is 65.1 Å². The molecule has 4 aromatic rings. The van der Waals surface area contributed by atoms with E-state index in [1.807, 2.05) is 49.4 Å². The maximum atomic E-state index is 13.3. The summed E-state index contributed by atoms with van der Waals surface area (Å²) < 4.78 is 5.73. The molecule has 6 nitrogen and oxygen atoms in total. The summed E-state index contributed by atoms with van der Waals surface area (Å²) in [5, 5.41) is 3.94. The maximum Gasteiger partial charge on any atom is 0.256 e. The molecule has 3 heterocycles. The van der Waals surface area contributed by atoms with Gasteiger partial charge in [-0.25, -0.2) is 4.98 Å². The molecule has 152 valence electrons. The first-order valence-electron chi connectivity index (χ1n) is 10.4. The molecule has 6 heteroatoms. The topological polar surface area (TPSA) is 79.9 Å². The van der Waals surface area contributed by atoms with Gasteiger partial charge in [0.25, 0.3) is 5.91 Å². The fourth-order valence-electron chi connectivity index (χ4n) is 4.24. The van der Waals surface area contributed by atoms with E-state index in [1.54, 1.807) is 0 Å². The highest BCUT2D eigenvalue weighted by molar-refractivity contribution is 6.13. The number of para-hydroxylation sites is 1.